The van der Waals surface area contributed by atoms with Crippen LogP contribution in [0.4, 0.5) is 0 Å². The van der Waals surface area contributed by atoms with Gasteiger partial charge in [-0.3, -0.25) is 5.32 Å². The average Bonchev–Trinajstić information content (AvgIpc) is 2.36. The van der Waals surface area contributed by atoms with E-state index in [1.807, 2.05) is 0 Å². The minimum atomic E-state index is -0.521. The molecule has 0 radical (unpaired) electrons. The second-order valence-corrected chi connectivity index (χ2v) is 6.69. The van der Waals surface area contributed by atoms with E-state index in [0.717, 1.165) is 25.7 Å². The molecule has 6 N–H and O–H groups in total. The van der Waals surface area contributed by atoms with Crippen molar-refractivity contribution < 1.29 is 20.1 Å². The minimum absolute atomic E-state index is 0.00729. The summed E-state index contributed by atoms with van der Waals surface area (Å²) in [5, 5.41) is 32.4. The highest BCUT2D eigenvalue weighted by Crippen LogP contribution is 2.23. The number of nitrogens with two attached hydrogens (primary N) is 1. The summed E-state index contributed by atoms with van der Waals surface area (Å²) >= 11 is 0. The lowest BCUT2D eigenvalue weighted by Gasteiger charge is -2.38. The summed E-state index contributed by atoms with van der Waals surface area (Å²) in [5.74, 6) is 0. The van der Waals surface area contributed by atoms with E-state index >= 15 is 0 Å². The number of hydrogen-bond donors (Lipinski definition) is 5. The van der Waals surface area contributed by atoms with Crippen molar-refractivity contribution in [3.63, 3.8) is 0 Å². The lowest BCUT2D eigenvalue weighted by atomic mass is 9.95. The van der Waals surface area contributed by atoms with Gasteiger partial charge in [-0.1, -0.05) is 0 Å². The third-order valence-electron chi connectivity index (χ3n) is 4.02. The standard InChI is InChI=1S/C16H34N2O4/c1-11(19)7-14(21)9-13-10-15(8-12(2)20)22-16(18-13)5-3-4-6-17/h11-16,18-21H,3-10,17H2,1-2H3. The number of ether oxygens (including phenoxy) is 1. The summed E-state index contributed by atoms with van der Waals surface area (Å²) in [6, 6.07) is 0.147. The maximum Gasteiger partial charge on any atom is 0.108 e. The average molecular weight is 318 g/mol. The first-order valence-corrected chi connectivity index (χ1v) is 8.56. The molecule has 0 amide bonds. The molecule has 132 valence electrons. The molecule has 1 saturated heterocycles. The van der Waals surface area contributed by atoms with Gasteiger partial charge >= 0.3 is 0 Å². The van der Waals surface area contributed by atoms with Gasteiger partial charge in [0.25, 0.3) is 0 Å². The van der Waals surface area contributed by atoms with Crippen LogP contribution < -0.4 is 11.1 Å². The smallest absolute Gasteiger partial charge is 0.108 e. The molecule has 22 heavy (non-hydrogen) atoms. The highest BCUT2D eigenvalue weighted by molar-refractivity contribution is 4.83. The van der Waals surface area contributed by atoms with Crippen molar-refractivity contribution in [3.8, 4) is 0 Å². The van der Waals surface area contributed by atoms with Gasteiger partial charge in [-0.25, -0.2) is 0 Å². The topological polar surface area (TPSA) is 108 Å². The van der Waals surface area contributed by atoms with Crippen LogP contribution in [0.2, 0.25) is 0 Å². The lowest BCUT2D eigenvalue weighted by Crippen LogP contribution is -2.51. The third-order valence-corrected chi connectivity index (χ3v) is 4.02. The van der Waals surface area contributed by atoms with Gasteiger partial charge in [0, 0.05) is 6.04 Å². The molecular weight excluding hydrogens is 284 g/mol. The molecule has 6 nitrogen and oxygen atoms in total. The SMILES string of the molecule is CC(O)CC(O)CC1CC(CC(C)O)OC(CCCCN)N1. The summed E-state index contributed by atoms with van der Waals surface area (Å²) in [6.07, 6.45) is 3.77. The molecule has 0 bridgehead atoms. The largest absolute Gasteiger partial charge is 0.393 e. The molecule has 1 rings (SSSR count). The molecule has 1 aliphatic heterocycles. The highest BCUT2D eigenvalue weighted by atomic mass is 16.5. The second kappa shape index (κ2) is 10.5. The molecule has 0 aromatic rings. The Morgan fingerprint density at radius 3 is 2.45 bits per heavy atom. The van der Waals surface area contributed by atoms with Gasteiger partial charge in [-0.2, -0.15) is 0 Å². The molecular formula is C16H34N2O4. The van der Waals surface area contributed by atoms with Crippen LogP contribution >= 0.6 is 0 Å². The number of rotatable bonds is 10. The summed E-state index contributed by atoms with van der Waals surface area (Å²) in [5.41, 5.74) is 5.53. The Morgan fingerprint density at radius 1 is 1.14 bits per heavy atom. The number of aliphatic hydroxyl groups excluding tert-OH is 3. The van der Waals surface area contributed by atoms with Crippen LogP contribution in [0.15, 0.2) is 0 Å². The van der Waals surface area contributed by atoms with Gasteiger partial charge in [0.15, 0.2) is 0 Å². The van der Waals surface area contributed by atoms with Crippen molar-refractivity contribution in [2.75, 3.05) is 6.54 Å². The molecule has 1 heterocycles. The monoisotopic (exact) mass is 318 g/mol. The predicted octanol–water partition coefficient (Wildman–Crippen LogP) is 0.481. The zero-order chi connectivity index (χ0) is 16.5. The van der Waals surface area contributed by atoms with Gasteiger partial charge in [0.2, 0.25) is 0 Å². The normalized spacial score (nSPS) is 30.0. The first-order valence-electron chi connectivity index (χ1n) is 8.56. The Bertz CT molecular complexity index is 287. The van der Waals surface area contributed by atoms with E-state index in [2.05, 4.69) is 5.32 Å². The Hall–Kier alpha value is -0.240. The minimum Gasteiger partial charge on any atom is -0.393 e. The Labute approximate surface area is 134 Å². The number of nitrogens with one attached hydrogen (secondary N) is 1. The van der Waals surface area contributed by atoms with E-state index in [0.29, 0.717) is 25.8 Å². The van der Waals surface area contributed by atoms with E-state index in [1.54, 1.807) is 13.8 Å². The predicted molar refractivity (Wildman–Crippen MR) is 86.3 cm³/mol. The van der Waals surface area contributed by atoms with Crippen molar-refractivity contribution >= 4 is 0 Å². The summed E-state index contributed by atoms with van der Waals surface area (Å²) in [7, 11) is 0. The Balaban J connectivity index is 2.50. The van der Waals surface area contributed by atoms with E-state index in [1.165, 1.54) is 0 Å². The van der Waals surface area contributed by atoms with Gasteiger partial charge in [0.05, 0.1) is 24.4 Å². The molecule has 0 saturated carbocycles. The van der Waals surface area contributed by atoms with Gasteiger partial charge in [0.1, 0.15) is 6.23 Å². The van der Waals surface area contributed by atoms with E-state index in [9.17, 15) is 15.3 Å². The molecule has 6 heteroatoms. The number of unbranched alkanes of at least 4 members (excludes halogenated alkanes) is 1. The fourth-order valence-electron chi connectivity index (χ4n) is 3.12. The first kappa shape index (κ1) is 19.8. The zero-order valence-corrected chi connectivity index (χ0v) is 13.9. The number of hydrogen-bond acceptors (Lipinski definition) is 6. The Kier molecular flexibility index (Phi) is 9.47. The van der Waals surface area contributed by atoms with E-state index < -0.39 is 18.3 Å². The zero-order valence-electron chi connectivity index (χ0n) is 13.9. The van der Waals surface area contributed by atoms with Gasteiger partial charge < -0.3 is 25.8 Å². The maximum atomic E-state index is 10.0. The fraction of sp³-hybridized carbons (Fsp3) is 1.00. The van der Waals surface area contributed by atoms with Crippen LogP contribution in [0, 0.1) is 0 Å². The maximum absolute atomic E-state index is 10.0. The lowest BCUT2D eigenvalue weighted by molar-refractivity contribution is -0.0999. The van der Waals surface area contributed by atoms with Crippen LogP contribution in [0.5, 0.6) is 0 Å². The number of aliphatic hydroxyl groups is 3. The van der Waals surface area contributed by atoms with Crippen LogP contribution in [-0.2, 0) is 4.74 Å². The molecule has 6 unspecified atom stereocenters. The molecule has 1 aliphatic rings. The van der Waals surface area contributed by atoms with Crippen molar-refractivity contribution in [2.24, 2.45) is 5.73 Å². The summed E-state index contributed by atoms with van der Waals surface area (Å²) in [6.45, 7) is 4.14. The van der Waals surface area contributed by atoms with Crippen molar-refractivity contribution in [2.45, 2.75) is 95.5 Å². The first-order chi connectivity index (χ1) is 10.4. The highest BCUT2D eigenvalue weighted by Gasteiger charge is 2.30. The summed E-state index contributed by atoms with van der Waals surface area (Å²) in [4.78, 5) is 0. The molecule has 1 fully saturated rings. The van der Waals surface area contributed by atoms with E-state index in [4.69, 9.17) is 10.5 Å². The second-order valence-electron chi connectivity index (χ2n) is 6.69. The van der Waals surface area contributed by atoms with Crippen LogP contribution in [0.25, 0.3) is 0 Å². The molecule has 0 spiro atoms. The van der Waals surface area contributed by atoms with E-state index in [-0.39, 0.29) is 18.4 Å². The molecule has 0 aromatic heterocycles. The summed E-state index contributed by atoms with van der Waals surface area (Å²) < 4.78 is 5.99. The molecule has 0 aliphatic carbocycles. The quantitative estimate of drug-likeness (QED) is 0.375. The third kappa shape index (κ3) is 8.41. The van der Waals surface area contributed by atoms with Crippen LogP contribution in [-0.4, -0.2) is 58.5 Å². The van der Waals surface area contributed by atoms with Crippen molar-refractivity contribution in [1.29, 1.82) is 0 Å². The fourth-order valence-corrected chi connectivity index (χ4v) is 3.12. The Morgan fingerprint density at radius 2 is 1.86 bits per heavy atom. The van der Waals surface area contributed by atoms with Crippen LogP contribution in [0.3, 0.4) is 0 Å². The molecule has 0 aromatic carbocycles. The van der Waals surface area contributed by atoms with Crippen molar-refractivity contribution in [1.82, 2.24) is 5.32 Å². The van der Waals surface area contributed by atoms with Crippen molar-refractivity contribution in [3.05, 3.63) is 0 Å². The van der Waals surface area contributed by atoms with Gasteiger partial charge in [-0.15, -0.1) is 0 Å². The van der Waals surface area contributed by atoms with Gasteiger partial charge in [-0.05, 0) is 65.3 Å². The van der Waals surface area contributed by atoms with Crippen LogP contribution in [0.1, 0.15) is 58.8 Å². The molecule has 6 atom stereocenters.